The fourth-order valence-corrected chi connectivity index (χ4v) is 2.65. The maximum atomic E-state index is 13.5. The molecular formula is C15H18F4N2O2. The highest BCUT2D eigenvalue weighted by molar-refractivity contribution is 5.89. The number of benzene rings is 1. The lowest BCUT2D eigenvalue weighted by molar-refractivity contribution is -0.137. The van der Waals surface area contributed by atoms with Gasteiger partial charge in [0.1, 0.15) is 5.82 Å². The van der Waals surface area contributed by atoms with E-state index in [0.29, 0.717) is 24.6 Å². The molecule has 0 aromatic heterocycles. The van der Waals surface area contributed by atoms with Crippen LogP contribution in [0.4, 0.5) is 28.0 Å². The van der Waals surface area contributed by atoms with Crippen molar-refractivity contribution in [1.82, 2.24) is 5.32 Å². The van der Waals surface area contributed by atoms with Crippen molar-refractivity contribution in [2.45, 2.75) is 38.0 Å². The fourth-order valence-electron chi connectivity index (χ4n) is 2.65. The SMILES string of the molecule is O=C(NCC1CCCC(O)C1)Nc1cc(C(F)(F)F)ccc1F. The van der Waals surface area contributed by atoms with Gasteiger partial charge in [0, 0.05) is 6.54 Å². The summed E-state index contributed by atoms with van der Waals surface area (Å²) in [7, 11) is 0. The van der Waals surface area contributed by atoms with Gasteiger partial charge in [-0.05, 0) is 43.4 Å². The molecule has 4 nitrogen and oxygen atoms in total. The second-order valence-electron chi connectivity index (χ2n) is 5.71. The van der Waals surface area contributed by atoms with E-state index in [1.165, 1.54) is 0 Å². The number of hydrogen-bond acceptors (Lipinski definition) is 2. The normalized spacial score (nSPS) is 21.8. The van der Waals surface area contributed by atoms with Crippen molar-refractivity contribution in [1.29, 1.82) is 0 Å². The van der Waals surface area contributed by atoms with Gasteiger partial charge in [-0.3, -0.25) is 0 Å². The van der Waals surface area contributed by atoms with Crippen LogP contribution in [0.25, 0.3) is 0 Å². The van der Waals surface area contributed by atoms with Crippen LogP contribution in [0.2, 0.25) is 0 Å². The van der Waals surface area contributed by atoms with Gasteiger partial charge in [-0.2, -0.15) is 13.2 Å². The Morgan fingerprint density at radius 1 is 1.30 bits per heavy atom. The van der Waals surface area contributed by atoms with Crippen LogP contribution in [-0.2, 0) is 6.18 Å². The highest BCUT2D eigenvalue weighted by Gasteiger charge is 2.31. The third-order valence-corrected chi connectivity index (χ3v) is 3.85. The minimum atomic E-state index is -4.61. The van der Waals surface area contributed by atoms with Gasteiger partial charge in [0.15, 0.2) is 0 Å². The largest absolute Gasteiger partial charge is 0.416 e. The molecule has 0 aliphatic heterocycles. The molecule has 0 bridgehead atoms. The summed E-state index contributed by atoms with van der Waals surface area (Å²) in [6, 6.07) is 1.06. The highest BCUT2D eigenvalue weighted by atomic mass is 19.4. The number of halogens is 4. The van der Waals surface area contributed by atoms with Gasteiger partial charge >= 0.3 is 12.2 Å². The standard InChI is InChI=1S/C15H18F4N2O2/c16-12-5-4-10(15(17,18)19)7-13(12)21-14(23)20-8-9-2-1-3-11(22)6-9/h4-5,7,9,11,22H,1-3,6,8H2,(H2,20,21,23). The summed E-state index contributed by atoms with van der Waals surface area (Å²) in [5.74, 6) is -0.836. The number of anilines is 1. The van der Waals surface area contributed by atoms with E-state index in [1.54, 1.807) is 0 Å². The van der Waals surface area contributed by atoms with E-state index < -0.39 is 29.3 Å². The third-order valence-electron chi connectivity index (χ3n) is 3.85. The second kappa shape index (κ2) is 7.16. The lowest BCUT2D eigenvalue weighted by Gasteiger charge is -2.25. The van der Waals surface area contributed by atoms with Crippen LogP contribution < -0.4 is 10.6 Å². The van der Waals surface area contributed by atoms with Crippen molar-refractivity contribution in [3.63, 3.8) is 0 Å². The first kappa shape index (κ1) is 17.5. The molecule has 128 valence electrons. The summed E-state index contributed by atoms with van der Waals surface area (Å²) >= 11 is 0. The number of nitrogens with one attached hydrogen (secondary N) is 2. The summed E-state index contributed by atoms with van der Waals surface area (Å²) in [5, 5.41) is 14.1. The number of rotatable bonds is 3. The zero-order valence-electron chi connectivity index (χ0n) is 12.3. The topological polar surface area (TPSA) is 61.4 Å². The number of aliphatic hydroxyl groups is 1. The molecule has 0 heterocycles. The first-order chi connectivity index (χ1) is 10.8. The first-order valence-corrected chi connectivity index (χ1v) is 7.35. The summed E-state index contributed by atoms with van der Waals surface area (Å²) in [6.07, 6.45) is -1.98. The number of carbonyl (C=O) groups is 1. The number of alkyl halides is 3. The van der Waals surface area contributed by atoms with Crippen molar-refractivity contribution >= 4 is 11.7 Å². The van der Waals surface area contributed by atoms with E-state index >= 15 is 0 Å². The maximum absolute atomic E-state index is 13.5. The molecule has 8 heteroatoms. The molecule has 2 rings (SSSR count). The Bertz CT molecular complexity index is 563. The fraction of sp³-hybridized carbons (Fsp3) is 0.533. The quantitative estimate of drug-likeness (QED) is 0.741. The predicted octanol–water partition coefficient (Wildman–Crippen LogP) is 3.52. The predicted molar refractivity (Wildman–Crippen MR) is 76.4 cm³/mol. The Hall–Kier alpha value is -1.83. The van der Waals surface area contributed by atoms with Gasteiger partial charge in [-0.25, -0.2) is 9.18 Å². The number of hydrogen-bond donors (Lipinski definition) is 3. The van der Waals surface area contributed by atoms with Crippen LogP contribution in [0.1, 0.15) is 31.2 Å². The van der Waals surface area contributed by atoms with Crippen LogP contribution in [0.15, 0.2) is 18.2 Å². The molecule has 2 unspecified atom stereocenters. The van der Waals surface area contributed by atoms with Crippen LogP contribution in [-0.4, -0.2) is 23.8 Å². The molecule has 2 amide bonds. The van der Waals surface area contributed by atoms with Crippen LogP contribution in [0.5, 0.6) is 0 Å². The molecule has 0 saturated heterocycles. The Balaban J connectivity index is 1.92. The van der Waals surface area contributed by atoms with Gasteiger partial charge < -0.3 is 15.7 Å². The molecule has 2 atom stereocenters. The smallest absolute Gasteiger partial charge is 0.393 e. The Labute approximate surface area is 130 Å². The summed E-state index contributed by atoms with van der Waals surface area (Å²) in [6.45, 7) is 0.281. The van der Waals surface area contributed by atoms with E-state index in [1.807, 2.05) is 0 Å². The maximum Gasteiger partial charge on any atom is 0.416 e. The monoisotopic (exact) mass is 334 g/mol. The molecule has 1 aliphatic rings. The van der Waals surface area contributed by atoms with Crippen molar-refractivity contribution in [3.8, 4) is 0 Å². The minimum absolute atomic E-state index is 0.107. The third kappa shape index (κ3) is 5.09. The van der Waals surface area contributed by atoms with Gasteiger partial charge in [-0.15, -0.1) is 0 Å². The Morgan fingerprint density at radius 3 is 2.70 bits per heavy atom. The van der Waals surface area contributed by atoms with Gasteiger partial charge in [-0.1, -0.05) is 6.42 Å². The van der Waals surface area contributed by atoms with Crippen molar-refractivity contribution in [2.75, 3.05) is 11.9 Å². The minimum Gasteiger partial charge on any atom is -0.393 e. The molecule has 23 heavy (non-hydrogen) atoms. The van der Waals surface area contributed by atoms with Gasteiger partial charge in [0.2, 0.25) is 0 Å². The molecule has 1 aliphatic carbocycles. The summed E-state index contributed by atoms with van der Waals surface area (Å²) < 4.78 is 51.3. The molecule has 1 aromatic rings. The molecule has 0 radical (unpaired) electrons. The lowest BCUT2D eigenvalue weighted by atomic mass is 9.87. The Morgan fingerprint density at radius 2 is 2.04 bits per heavy atom. The van der Waals surface area contributed by atoms with E-state index in [2.05, 4.69) is 10.6 Å². The van der Waals surface area contributed by atoms with E-state index in [0.717, 1.165) is 19.3 Å². The summed E-state index contributed by atoms with van der Waals surface area (Å²) in [4.78, 5) is 11.7. The van der Waals surface area contributed by atoms with Crippen molar-refractivity contribution < 1.29 is 27.5 Å². The van der Waals surface area contributed by atoms with E-state index in [-0.39, 0.29) is 18.6 Å². The molecule has 1 saturated carbocycles. The van der Waals surface area contributed by atoms with Crippen LogP contribution in [0.3, 0.4) is 0 Å². The van der Waals surface area contributed by atoms with Gasteiger partial charge in [0.25, 0.3) is 0 Å². The van der Waals surface area contributed by atoms with E-state index in [9.17, 15) is 27.5 Å². The average molecular weight is 334 g/mol. The molecule has 3 N–H and O–H groups in total. The van der Waals surface area contributed by atoms with Crippen molar-refractivity contribution in [3.05, 3.63) is 29.6 Å². The zero-order chi connectivity index (χ0) is 17.0. The van der Waals surface area contributed by atoms with Gasteiger partial charge in [0.05, 0.1) is 17.4 Å². The molecule has 1 aromatic carbocycles. The van der Waals surface area contributed by atoms with Crippen LogP contribution >= 0.6 is 0 Å². The molecule has 0 spiro atoms. The number of carbonyl (C=O) groups excluding carboxylic acids is 1. The average Bonchev–Trinajstić information content (AvgIpc) is 2.46. The van der Waals surface area contributed by atoms with Crippen LogP contribution in [0, 0.1) is 11.7 Å². The molecule has 1 fully saturated rings. The zero-order valence-corrected chi connectivity index (χ0v) is 12.3. The number of urea groups is 1. The summed E-state index contributed by atoms with van der Waals surface area (Å²) in [5.41, 5.74) is -1.56. The highest BCUT2D eigenvalue weighted by Crippen LogP contribution is 2.31. The molecular weight excluding hydrogens is 316 g/mol. The number of amides is 2. The number of aliphatic hydroxyl groups excluding tert-OH is 1. The second-order valence-corrected chi connectivity index (χ2v) is 5.71. The van der Waals surface area contributed by atoms with E-state index in [4.69, 9.17) is 0 Å². The lowest BCUT2D eigenvalue weighted by Crippen LogP contribution is -2.35. The first-order valence-electron chi connectivity index (χ1n) is 7.35. The van der Waals surface area contributed by atoms with Crippen molar-refractivity contribution in [2.24, 2.45) is 5.92 Å². The Kier molecular flexibility index (Phi) is 5.46.